The first-order valence-electron chi connectivity index (χ1n) is 4.54. The summed E-state index contributed by atoms with van der Waals surface area (Å²) in [5, 5.41) is 8.94. The Morgan fingerprint density at radius 2 is 2.33 bits per heavy atom. The van der Waals surface area contributed by atoms with Crippen molar-refractivity contribution in [2.24, 2.45) is 0 Å². The van der Waals surface area contributed by atoms with Gasteiger partial charge in [-0.05, 0) is 12.8 Å². The quantitative estimate of drug-likeness (QED) is 0.775. The third-order valence-corrected chi connectivity index (χ3v) is 2.27. The Kier molecular flexibility index (Phi) is 2.18. The van der Waals surface area contributed by atoms with Gasteiger partial charge in [0.05, 0.1) is 7.11 Å². The van der Waals surface area contributed by atoms with Crippen molar-refractivity contribution in [2.75, 3.05) is 7.11 Å². The second kappa shape index (κ2) is 3.38. The highest BCUT2D eigenvalue weighted by atomic mass is 16.5. The minimum absolute atomic E-state index is 0.0120. The third kappa shape index (κ3) is 1.70. The smallest absolute Gasteiger partial charge is 0.352 e. The van der Waals surface area contributed by atoms with Gasteiger partial charge in [0.2, 0.25) is 5.88 Å². The fraction of sp³-hybridized carbons (Fsp3) is 0.444. The van der Waals surface area contributed by atoms with Crippen LogP contribution < -0.4 is 10.4 Å². The summed E-state index contributed by atoms with van der Waals surface area (Å²) in [5.41, 5.74) is -0.622. The molecule has 6 nitrogen and oxygen atoms in total. The standard InChI is InChI=1S/C9H10N2O4/c1-15-7-4-6(8(12)13)11(5-2-3-5)9(14)10-7/h4-5H,2-3H2,1H3,(H,12,13). The fourth-order valence-corrected chi connectivity index (χ4v) is 1.42. The number of hydrogen-bond donors (Lipinski definition) is 1. The molecule has 2 rings (SSSR count). The van der Waals surface area contributed by atoms with Crippen molar-refractivity contribution in [1.29, 1.82) is 0 Å². The topological polar surface area (TPSA) is 81.4 Å². The largest absolute Gasteiger partial charge is 0.481 e. The molecule has 1 aromatic rings. The van der Waals surface area contributed by atoms with Gasteiger partial charge in [0.15, 0.2) is 0 Å². The van der Waals surface area contributed by atoms with E-state index in [2.05, 4.69) is 4.98 Å². The molecule has 0 aliphatic heterocycles. The van der Waals surface area contributed by atoms with Crippen molar-refractivity contribution in [3.63, 3.8) is 0 Å². The highest BCUT2D eigenvalue weighted by Crippen LogP contribution is 2.34. The average Bonchev–Trinajstić information content (AvgIpc) is 2.99. The molecule has 1 saturated carbocycles. The first kappa shape index (κ1) is 9.70. The zero-order valence-corrected chi connectivity index (χ0v) is 8.14. The molecule has 1 N–H and O–H groups in total. The highest BCUT2D eigenvalue weighted by Gasteiger charge is 2.29. The average molecular weight is 210 g/mol. The maximum Gasteiger partial charge on any atom is 0.352 e. The molecule has 1 fully saturated rings. The van der Waals surface area contributed by atoms with E-state index < -0.39 is 11.7 Å². The van der Waals surface area contributed by atoms with E-state index in [1.807, 2.05) is 0 Å². The van der Waals surface area contributed by atoms with Crippen molar-refractivity contribution in [1.82, 2.24) is 9.55 Å². The Hall–Kier alpha value is -1.85. The lowest BCUT2D eigenvalue weighted by atomic mass is 10.3. The van der Waals surface area contributed by atoms with E-state index in [0.29, 0.717) is 0 Å². The first-order chi connectivity index (χ1) is 7.13. The molecule has 1 aromatic heterocycles. The van der Waals surface area contributed by atoms with Crippen LogP contribution in [0.25, 0.3) is 0 Å². The number of nitrogens with zero attached hydrogens (tertiary/aromatic N) is 2. The van der Waals surface area contributed by atoms with Crippen LogP contribution in [0.1, 0.15) is 29.4 Å². The lowest BCUT2D eigenvalue weighted by molar-refractivity contribution is 0.0682. The number of carbonyl (C=O) groups is 1. The summed E-state index contributed by atoms with van der Waals surface area (Å²) in [6.07, 6.45) is 1.66. The molecule has 15 heavy (non-hydrogen) atoms. The fourth-order valence-electron chi connectivity index (χ4n) is 1.42. The third-order valence-electron chi connectivity index (χ3n) is 2.27. The Morgan fingerprint density at radius 1 is 1.67 bits per heavy atom. The molecule has 0 saturated heterocycles. The molecule has 0 radical (unpaired) electrons. The van der Waals surface area contributed by atoms with Gasteiger partial charge in [-0.1, -0.05) is 0 Å². The van der Waals surface area contributed by atoms with Crippen LogP contribution >= 0.6 is 0 Å². The monoisotopic (exact) mass is 210 g/mol. The minimum atomic E-state index is -1.14. The van der Waals surface area contributed by atoms with E-state index in [0.717, 1.165) is 12.8 Å². The van der Waals surface area contributed by atoms with Crippen LogP contribution in [0.3, 0.4) is 0 Å². The van der Waals surface area contributed by atoms with Crippen molar-refractivity contribution in [3.8, 4) is 5.88 Å². The van der Waals surface area contributed by atoms with Crippen molar-refractivity contribution >= 4 is 5.97 Å². The summed E-state index contributed by atoms with van der Waals surface area (Å²) in [6, 6.07) is 1.25. The normalized spacial score (nSPS) is 15.0. The summed E-state index contributed by atoms with van der Waals surface area (Å²) < 4.78 is 5.97. The van der Waals surface area contributed by atoms with E-state index >= 15 is 0 Å². The van der Waals surface area contributed by atoms with Gasteiger partial charge in [-0.2, -0.15) is 4.98 Å². The van der Waals surface area contributed by atoms with Gasteiger partial charge in [0.25, 0.3) is 0 Å². The van der Waals surface area contributed by atoms with Crippen LogP contribution in [0.15, 0.2) is 10.9 Å². The van der Waals surface area contributed by atoms with Crippen molar-refractivity contribution in [2.45, 2.75) is 18.9 Å². The Balaban J connectivity index is 2.60. The Morgan fingerprint density at radius 3 is 2.80 bits per heavy atom. The molecular formula is C9H10N2O4. The van der Waals surface area contributed by atoms with Gasteiger partial charge in [0, 0.05) is 12.1 Å². The van der Waals surface area contributed by atoms with Crippen LogP contribution in [-0.2, 0) is 0 Å². The number of rotatable bonds is 3. The number of aromatic nitrogens is 2. The van der Waals surface area contributed by atoms with Crippen molar-refractivity contribution < 1.29 is 14.6 Å². The summed E-state index contributed by atoms with van der Waals surface area (Å²) in [6.45, 7) is 0. The first-order valence-corrected chi connectivity index (χ1v) is 4.54. The molecule has 0 unspecified atom stereocenters. The number of ether oxygens (including phenoxy) is 1. The summed E-state index contributed by atoms with van der Waals surface area (Å²) in [7, 11) is 1.34. The molecule has 0 amide bonds. The van der Waals surface area contributed by atoms with Crippen LogP contribution in [0, 0.1) is 0 Å². The lowest BCUT2D eigenvalue weighted by Crippen LogP contribution is -2.27. The SMILES string of the molecule is COc1cc(C(=O)O)n(C2CC2)c(=O)n1. The maximum atomic E-state index is 11.5. The van der Waals surface area contributed by atoms with E-state index in [1.54, 1.807) is 0 Å². The molecule has 1 heterocycles. The van der Waals surface area contributed by atoms with Crippen molar-refractivity contribution in [3.05, 3.63) is 22.2 Å². The number of carboxylic acid groups (broad SMARTS) is 1. The zero-order chi connectivity index (χ0) is 11.0. The number of carboxylic acids is 1. The van der Waals surface area contributed by atoms with E-state index in [4.69, 9.17) is 9.84 Å². The van der Waals surface area contributed by atoms with E-state index in [9.17, 15) is 9.59 Å². The van der Waals surface area contributed by atoms with Crippen LogP contribution in [0.2, 0.25) is 0 Å². The Labute approximate surface area is 85.1 Å². The predicted molar refractivity (Wildman–Crippen MR) is 50.3 cm³/mol. The van der Waals surface area contributed by atoms with Crippen LogP contribution in [-0.4, -0.2) is 27.7 Å². The number of methoxy groups -OCH3 is 1. The maximum absolute atomic E-state index is 11.5. The van der Waals surface area contributed by atoms with E-state index in [1.165, 1.54) is 17.7 Å². The molecule has 80 valence electrons. The predicted octanol–water partition coefficient (Wildman–Crippen LogP) is 0.285. The van der Waals surface area contributed by atoms with Gasteiger partial charge >= 0.3 is 11.7 Å². The minimum Gasteiger partial charge on any atom is -0.481 e. The van der Waals surface area contributed by atoms with Crippen LogP contribution in [0.4, 0.5) is 0 Å². The van der Waals surface area contributed by atoms with E-state index in [-0.39, 0.29) is 17.6 Å². The number of aromatic carboxylic acids is 1. The van der Waals surface area contributed by atoms with Gasteiger partial charge < -0.3 is 9.84 Å². The summed E-state index contributed by atoms with van der Waals surface area (Å²) in [5.74, 6) is -1.10. The van der Waals surface area contributed by atoms with Gasteiger partial charge in [-0.15, -0.1) is 0 Å². The molecule has 1 aliphatic carbocycles. The second-order valence-corrected chi connectivity index (χ2v) is 3.37. The molecule has 0 spiro atoms. The highest BCUT2D eigenvalue weighted by molar-refractivity contribution is 5.86. The van der Waals surface area contributed by atoms with Crippen LogP contribution in [0.5, 0.6) is 5.88 Å². The molecule has 0 aromatic carbocycles. The molecular weight excluding hydrogens is 200 g/mol. The zero-order valence-electron chi connectivity index (χ0n) is 8.14. The molecule has 0 atom stereocenters. The summed E-state index contributed by atoms with van der Waals surface area (Å²) in [4.78, 5) is 26.1. The van der Waals surface area contributed by atoms with Gasteiger partial charge in [-0.3, -0.25) is 4.57 Å². The van der Waals surface area contributed by atoms with Gasteiger partial charge in [-0.25, -0.2) is 9.59 Å². The summed E-state index contributed by atoms with van der Waals surface area (Å²) >= 11 is 0. The number of hydrogen-bond acceptors (Lipinski definition) is 4. The van der Waals surface area contributed by atoms with Gasteiger partial charge in [0.1, 0.15) is 5.69 Å². The molecule has 6 heteroatoms. The molecule has 0 bridgehead atoms. The second-order valence-electron chi connectivity index (χ2n) is 3.37. The lowest BCUT2D eigenvalue weighted by Gasteiger charge is -2.08. The Bertz CT molecular complexity index is 462. The molecule has 1 aliphatic rings.